The second kappa shape index (κ2) is 11.4. The third kappa shape index (κ3) is 3.93. The van der Waals surface area contributed by atoms with E-state index in [1.54, 1.807) is 11.3 Å². The molecule has 6 heteroatoms. The van der Waals surface area contributed by atoms with E-state index in [1.807, 2.05) is 22.7 Å². The van der Waals surface area contributed by atoms with E-state index >= 15 is 0 Å². The summed E-state index contributed by atoms with van der Waals surface area (Å²) in [5.74, 6) is 3.60. The number of fused-ring (bicyclic) bond motifs is 10. The van der Waals surface area contributed by atoms with Crippen LogP contribution in [-0.4, -0.2) is 9.13 Å². The van der Waals surface area contributed by atoms with Crippen molar-refractivity contribution in [1.82, 2.24) is 9.13 Å². The van der Waals surface area contributed by atoms with Crippen molar-refractivity contribution in [3.05, 3.63) is 105 Å². The zero-order valence-electron chi connectivity index (χ0n) is 35.5. The largest absolute Gasteiger partial charge is 0.353 e. The lowest BCUT2D eigenvalue weighted by molar-refractivity contribution is -0.0629. The normalized spacial score (nSPS) is 32.6. The molecular weight excluding hydrogens is 721 g/mol. The summed E-state index contributed by atoms with van der Waals surface area (Å²) in [4.78, 5) is 8.58. The van der Waals surface area contributed by atoms with Gasteiger partial charge < -0.3 is 18.9 Å². The monoisotopic (exact) mass is 780 g/mol. The maximum absolute atomic E-state index is 2.93. The van der Waals surface area contributed by atoms with Crippen LogP contribution in [0.1, 0.15) is 132 Å². The van der Waals surface area contributed by atoms with Crippen molar-refractivity contribution in [3.63, 3.8) is 0 Å². The summed E-state index contributed by atoms with van der Waals surface area (Å²) in [6, 6.07) is 21.6. The molecule has 7 aliphatic rings. The third-order valence-corrected chi connectivity index (χ3v) is 19.7. The van der Waals surface area contributed by atoms with Crippen LogP contribution >= 0.6 is 22.7 Å². The third-order valence-electron chi connectivity index (χ3n) is 17.7. The highest BCUT2D eigenvalue weighted by atomic mass is 32.1. The summed E-state index contributed by atoms with van der Waals surface area (Å²) in [5.41, 5.74) is 13.9. The Hall–Kier alpha value is -3.48. The first kappa shape index (κ1) is 35.7. The number of rotatable bonds is 1. The van der Waals surface area contributed by atoms with E-state index in [1.165, 1.54) is 91.9 Å². The number of anilines is 2. The quantitative estimate of drug-likeness (QED) is 0.165. The molecular formula is C50H60N4S2. The van der Waals surface area contributed by atoms with Gasteiger partial charge in [0, 0.05) is 52.8 Å². The zero-order chi connectivity index (χ0) is 39.0. The Bertz CT molecular complexity index is 2560. The van der Waals surface area contributed by atoms with E-state index in [4.69, 9.17) is 0 Å². The Morgan fingerprint density at radius 3 is 1.75 bits per heavy atom. The molecule has 4 aliphatic carbocycles. The highest BCUT2D eigenvalue weighted by Gasteiger charge is 2.67. The molecule has 0 amide bonds. The molecule has 4 nitrogen and oxygen atoms in total. The maximum Gasteiger partial charge on any atom is 0.103 e. The number of aromatic nitrogens is 2. The Labute approximate surface area is 342 Å². The van der Waals surface area contributed by atoms with Crippen molar-refractivity contribution in [1.29, 1.82) is 0 Å². The lowest BCUT2D eigenvalue weighted by atomic mass is 9.47. The van der Waals surface area contributed by atoms with Gasteiger partial charge in [0.1, 0.15) is 9.66 Å². The van der Waals surface area contributed by atoms with Gasteiger partial charge in [-0.3, -0.25) is 0 Å². The van der Waals surface area contributed by atoms with Gasteiger partial charge in [0.2, 0.25) is 0 Å². The lowest BCUT2D eigenvalue weighted by Crippen LogP contribution is -2.62. The van der Waals surface area contributed by atoms with Crippen molar-refractivity contribution < 1.29 is 0 Å². The van der Waals surface area contributed by atoms with Crippen LogP contribution in [0.2, 0.25) is 0 Å². The summed E-state index contributed by atoms with van der Waals surface area (Å²) in [7, 11) is 4.63. The lowest BCUT2D eigenvalue weighted by Gasteiger charge is -2.64. The molecule has 2 aromatic carbocycles. The number of benzene rings is 2. The van der Waals surface area contributed by atoms with Crippen molar-refractivity contribution in [2.24, 2.45) is 43.2 Å². The molecule has 4 saturated carbocycles. The van der Waals surface area contributed by atoms with E-state index in [2.05, 4.69) is 161 Å². The number of para-hydroxylation sites is 2. The highest BCUT2D eigenvalue weighted by Crippen LogP contribution is 2.71. The van der Waals surface area contributed by atoms with E-state index < -0.39 is 0 Å². The Kier molecular flexibility index (Phi) is 7.24. The predicted octanol–water partition coefficient (Wildman–Crippen LogP) is 13.4. The van der Waals surface area contributed by atoms with Crippen LogP contribution in [0, 0.1) is 42.9 Å². The number of aryl methyl sites for hydroxylation is 4. The van der Waals surface area contributed by atoms with Gasteiger partial charge in [-0.05, 0) is 141 Å². The van der Waals surface area contributed by atoms with Crippen molar-refractivity contribution in [3.8, 4) is 0 Å². The van der Waals surface area contributed by atoms with Gasteiger partial charge in [0.05, 0.1) is 34.5 Å². The van der Waals surface area contributed by atoms with Crippen molar-refractivity contribution in [2.75, 3.05) is 9.80 Å². The van der Waals surface area contributed by atoms with Crippen LogP contribution in [0.25, 0.3) is 20.4 Å². The SMILES string of the molecule is Cc1cccc2c1N1C(C)c3c(n(C)c4sccc34)C1(C)C(C)(C)C2(C)C.Cc1ccccc1N1C(C)c2c(n(C)c3sccc23)C12C1CC3CC(C1)CC2C3. The van der Waals surface area contributed by atoms with Gasteiger partial charge >= 0.3 is 0 Å². The molecule has 4 fully saturated rings. The molecule has 4 aromatic heterocycles. The molecule has 0 N–H and O–H groups in total. The molecule has 7 heterocycles. The molecule has 0 radical (unpaired) electrons. The summed E-state index contributed by atoms with van der Waals surface area (Å²) in [6.07, 6.45) is 7.29. The molecule has 1 spiro atoms. The first-order valence-corrected chi connectivity index (χ1v) is 23.3. The molecule has 3 unspecified atom stereocenters. The van der Waals surface area contributed by atoms with Crippen LogP contribution in [0.15, 0.2) is 65.4 Å². The van der Waals surface area contributed by atoms with E-state index in [9.17, 15) is 0 Å². The molecule has 13 rings (SSSR count). The van der Waals surface area contributed by atoms with Crippen LogP contribution < -0.4 is 9.80 Å². The van der Waals surface area contributed by atoms with Gasteiger partial charge in [0.25, 0.3) is 0 Å². The minimum absolute atomic E-state index is 0.0577. The van der Waals surface area contributed by atoms with Gasteiger partial charge in [-0.25, -0.2) is 0 Å². The first-order valence-electron chi connectivity index (χ1n) is 21.5. The molecule has 0 saturated heterocycles. The van der Waals surface area contributed by atoms with E-state index in [-0.39, 0.29) is 21.9 Å². The first-order chi connectivity index (χ1) is 26.7. The zero-order valence-corrected chi connectivity index (χ0v) is 37.1. The fourth-order valence-corrected chi connectivity index (χ4v) is 16.6. The van der Waals surface area contributed by atoms with Crippen molar-refractivity contribution >= 4 is 54.5 Å². The second-order valence-electron chi connectivity index (χ2n) is 20.2. The number of hydrogen-bond acceptors (Lipinski definition) is 4. The summed E-state index contributed by atoms with van der Waals surface area (Å²) in [5, 5.41) is 7.50. The minimum Gasteiger partial charge on any atom is -0.353 e. The molecule has 4 bridgehead atoms. The van der Waals surface area contributed by atoms with E-state index in [0.717, 1.165) is 23.7 Å². The Morgan fingerprint density at radius 1 is 0.607 bits per heavy atom. The minimum atomic E-state index is -0.0577. The Balaban J connectivity index is 0.000000130. The number of thiophene rings is 2. The fraction of sp³-hybridized carbons (Fsp3) is 0.520. The predicted molar refractivity (Wildman–Crippen MR) is 239 cm³/mol. The van der Waals surface area contributed by atoms with Crippen LogP contribution in [-0.2, 0) is 30.6 Å². The summed E-state index contributed by atoms with van der Waals surface area (Å²) < 4.78 is 5.11. The standard InChI is InChI=1S/C26H30N2S.C24H30N2S/c1-15-6-4-5-7-22(15)28-16(2)23-21-8-9-29-25(21)27(3)24(23)26(28)19-11-17-10-18(13-19)14-20(26)12-17;1-14-10-9-11-17-19(14)26-15(2)18-16-12-13-27-21(16)25(8)20(18)24(26,7)23(5,6)22(17,3)4/h4-9,16-20H,10-14H2,1-3H3;9-13,15H,1-8H3. The average Bonchev–Trinajstić information content (AvgIpc) is 3.99. The molecule has 3 atom stereocenters. The fourth-order valence-electron chi connectivity index (χ4n) is 14.8. The summed E-state index contributed by atoms with van der Waals surface area (Å²) in [6.45, 7) is 21.8. The van der Waals surface area contributed by atoms with E-state index in [0.29, 0.717) is 12.1 Å². The second-order valence-corrected chi connectivity index (χ2v) is 22.0. The number of nitrogens with zero attached hydrogens (tertiary/aromatic N) is 4. The summed E-state index contributed by atoms with van der Waals surface area (Å²) >= 11 is 3.80. The topological polar surface area (TPSA) is 16.3 Å². The molecule has 292 valence electrons. The molecule has 3 aliphatic heterocycles. The van der Waals surface area contributed by atoms with Crippen LogP contribution in [0.3, 0.4) is 0 Å². The number of hydrogen-bond donors (Lipinski definition) is 0. The van der Waals surface area contributed by atoms with Crippen LogP contribution in [0.4, 0.5) is 11.4 Å². The van der Waals surface area contributed by atoms with Gasteiger partial charge in [-0.15, -0.1) is 22.7 Å². The van der Waals surface area contributed by atoms with Gasteiger partial charge in [-0.2, -0.15) is 0 Å². The van der Waals surface area contributed by atoms with Gasteiger partial charge in [0.15, 0.2) is 0 Å². The average molecular weight is 781 g/mol. The van der Waals surface area contributed by atoms with Gasteiger partial charge in [-0.1, -0.05) is 64.1 Å². The molecule has 6 aromatic rings. The highest BCUT2D eigenvalue weighted by molar-refractivity contribution is 7.17. The maximum atomic E-state index is 2.93. The van der Waals surface area contributed by atoms with Crippen LogP contribution in [0.5, 0.6) is 0 Å². The molecule has 56 heavy (non-hydrogen) atoms. The van der Waals surface area contributed by atoms with Crippen molar-refractivity contribution in [2.45, 2.75) is 123 Å². The smallest absolute Gasteiger partial charge is 0.103 e. The Morgan fingerprint density at radius 2 is 1.14 bits per heavy atom.